The molecule has 2 aromatic heterocycles. The van der Waals surface area contributed by atoms with Gasteiger partial charge >= 0.3 is 6.09 Å². The van der Waals surface area contributed by atoms with Crippen molar-refractivity contribution in [2.75, 3.05) is 24.1 Å². The summed E-state index contributed by atoms with van der Waals surface area (Å²) < 4.78 is 1.93. The third-order valence-electron chi connectivity index (χ3n) is 6.13. The number of hydrogen-bond acceptors (Lipinski definition) is 5. The maximum Gasteiger partial charge on any atom is 0.407 e. The summed E-state index contributed by atoms with van der Waals surface area (Å²) in [5, 5.41) is 17.6. The zero-order valence-corrected chi connectivity index (χ0v) is 20.7. The van der Waals surface area contributed by atoms with Gasteiger partial charge in [0, 0.05) is 52.7 Å². The summed E-state index contributed by atoms with van der Waals surface area (Å²) in [6.07, 6.45) is 4.10. The number of halogens is 1. The van der Waals surface area contributed by atoms with Gasteiger partial charge < -0.3 is 21.1 Å². The molecule has 3 aromatic rings. The van der Waals surface area contributed by atoms with Crippen molar-refractivity contribution in [2.45, 2.75) is 45.1 Å². The molecule has 4 rings (SSSR count). The second kappa shape index (κ2) is 9.58. The standard InChI is InChI=1S/C25H29ClN6O3/c1-25(2,3)21-20(14-32(30-21)18-8-10-31(11-9-18)24(34)35)15-12-19(22(27)28-13-15)23(33)29-17-6-4-16(26)5-7-17/h4-7,12-14,18H,8-11H2,1-3H3,(H2,27,28)(H,29,33)(H,34,35). The van der Waals surface area contributed by atoms with Gasteiger partial charge in [-0.25, -0.2) is 9.78 Å². The van der Waals surface area contributed by atoms with Gasteiger partial charge in [0.25, 0.3) is 5.91 Å². The zero-order valence-electron chi connectivity index (χ0n) is 20.0. The van der Waals surface area contributed by atoms with Crippen molar-refractivity contribution >= 4 is 35.1 Å². The Kier molecular flexibility index (Phi) is 6.71. The predicted molar refractivity (Wildman–Crippen MR) is 136 cm³/mol. The molecule has 1 fully saturated rings. The number of carbonyl (C=O) groups is 2. The van der Waals surface area contributed by atoms with Crippen molar-refractivity contribution in [3.63, 3.8) is 0 Å². The molecule has 184 valence electrons. The van der Waals surface area contributed by atoms with Crippen LogP contribution in [0, 0.1) is 0 Å². The molecule has 35 heavy (non-hydrogen) atoms. The fourth-order valence-corrected chi connectivity index (χ4v) is 4.33. The molecule has 0 spiro atoms. The highest BCUT2D eigenvalue weighted by Crippen LogP contribution is 2.35. The van der Waals surface area contributed by atoms with Gasteiger partial charge in [0.1, 0.15) is 5.82 Å². The number of rotatable bonds is 4. The first-order chi connectivity index (χ1) is 16.5. The summed E-state index contributed by atoms with van der Waals surface area (Å²) in [5.74, 6) is -0.240. The van der Waals surface area contributed by atoms with E-state index in [9.17, 15) is 14.7 Å². The third kappa shape index (κ3) is 5.40. The van der Waals surface area contributed by atoms with Gasteiger partial charge in [-0.3, -0.25) is 9.48 Å². The minimum absolute atomic E-state index is 0.0925. The summed E-state index contributed by atoms with van der Waals surface area (Å²) in [4.78, 5) is 30.0. The Morgan fingerprint density at radius 3 is 2.43 bits per heavy atom. The zero-order chi connectivity index (χ0) is 25.3. The number of hydrogen-bond donors (Lipinski definition) is 3. The molecule has 9 nitrogen and oxygen atoms in total. The number of carboxylic acid groups (broad SMARTS) is 1. The Morgan fingerprint density at radius 1 is 1.17 bits per heavy atom. The second-order valence-corrected chi connectivity index (χ2v) is 10.2. The number of piperidine rings is 1. The van der Waals surface area contributed by atoms with Crippen molar-refractivity contribution in [3.05, 3.63) is 59.0 Å². The number of nitrogen functional groups attached to an aromatic ring is 1. The molecule has 1 aliphatic heterocycles. The van der Waals surface area contributed by atoms with E-state index in [0.717, 1.165) is 16.8 Å². The van der Waals surface area contributed by atoms with Crippen LogP contribution < -0.4 is 11.1 Å². The highest BCUT2D eigenvalue weighted by atomic mass is 35.5. The topological polar surface area (TPSA) is 126 Å². The molecular weight excluding hydrogens is 468 g/mol. The minimum atomic E-state index is -0.891. The lowest BCUT2D eigenvalue weighted by Crippen LogP contribution is -2.38. The summed E-state index contributed by atoms with van der Waals surface area (Å²) >= 11 is 5.93. The van der Waals surface area contributed by atoms with E-state index in [1.807, 2.05) is 10.9 Å². The van der Waals surface area contributed by atoms with Crippen LogP contribution in [0.4, 0.5) is 16.3 Å². The number of likely N-dealkylation sites (tertiary alicyclic amines) is 1. The summed E-state index contributed by atoms with van der Waals surface area (Å²) in [6, 6.07) is 8.64. The molecule has 0 aliphatic carbocycles. The number of amides is 2. The highest BCUT2D eigenvalue weighted by molar-refractivity contribution is 6.30. The predicted octanol–water partition coefficient (Wildman–Crippen LogP) is 5.05. The molecule has 2 amide bonds. The molecule has 0 saturated carbocycles. The molecule has 0 radical (unpaired) electrons. The first-order valence-corrected chi connectivity index (χ1v) is 11.8. The van der Waals surface area contributed by atoms with Gasteiger partial charge in [-0.15, -0.1) is 0 Å². The van der Waals surface area contributed by atoms with Crippen molar-refractivity contribution in [1.82, 2.24) is 19.7 Å². The highest BCUT2D eigenvalue weighted by Gasteiger charge is 2.29. The van der Waals surface area contributed by atoms with E-state index >= 15 is 0 Å². The van der Waals surface area contributed by atoms with E-state index in [1.54, 1.807) is 36.5 Å². The summed E-state index contributed by atoms with van der Waals surface area (Å²) in [5.41, 5.74) is 9.13. The maximum absolute atomic E-state index is 13.0. The van der Waals surface area contributed by atoms with Crippen LogP contribution in [0.2, 0.25) is 5.02 Å². The van der Waals surface area contributed by atoms with Crippen LogP contribution in [0.25, 0.3) is 11.1 Å². The molecule has 0 bridgehead atoms. The van der Waals surface area contributed by atoms with E-state index in [4.69, 9.17) is 22.4 Å². The average molecular weight is 497 g/mol. The van der Waals surface area contributed by atoms with Crippen LogP contribution in [0.15, 0.2) is 42.7 Å². The number of nitrogens with two attached hydrogens (primary N) is 1. The molecule has 0 atom stereocenters. The van der Waals surface area contributed by atoms with Crippen LogP contribution in [0.5, 0.6) is 0 Å². The molecule has 4 N–H and O–H groups in total. The van der Waals surface area contributed by atoms with E-state index in [-0.39, 0.29) is 28.7 Å². The lowest BCUT2D eigenvalue weighted by Gasteiger charge is -2.30. The van der Waals surface area contributed by atoms with Crippen molar-refractivity contribution in [1.29, 1.82) is 0 Å². The fourth-order valence-electron chi connectivity index (χ4n) is 4.20. The monoisotopic (exact) mass is 496 g/mol. The molecule has 1 aliphatic rings. The number of carbonyl (C=O) groups excluding carboxylic acids is 1. The van der Waals surface area contributed by atoms with Crippen LogP contribution in [0.1, 0.15) is 55.7 Å². The molecule has 0 unspecified atom stereocenters. The number of nitrogens with one attached hydrogen (secondary N) is 1. The first kappa shape index (κ1) is 24.5. The Labute approximate surface area is 208 Å². The smallest absolute Gasteiger partial charge is 0.407 e. The lowest BCUT2D eigenvalue weighted by molar-refractivity contribution is 0.102. The molecule has 1 aromatic carbocycles. The van der Waals surface area contributed by atoms with E-state index in [1.165, 1.54) is 4.90 Å². The first-order valence-electron chi connectivity index (χ1n) is 11.4. The quantitative estimate of drug-likeness (QED) is 0.464. The maximum atomic E-state index is 13.0. The second-order valence-electron chi connectivity index (χ2n) is 9.74. The number of nitrogens with zero attached hydrogens (tertiary/aromatic N) is 4. The Morgan fingerprint density at radius 2 is 1.83 bits per heavy atom. The van der Waals surface area contributed by atoms with Gasteiger partial charge in [-0.2, -0.15) is 5.10 Å². The summed E-state index contributed by atoms with van der Waals surface area (Å²) in [7, 11) is 0. The van der Waals surface area contributed by atoms with Gasteiger partial charge in [-0.1, -0.05) is 32.4 Å². The van der Waals surface area contributed by atoms with Crippen LogP contribution in [-0.2, 0) is 5.41 Å². The number of aromatic nitrogens is 3. The van der Waals surface area contributed by atoms with Crippen LogP contribution in [0.3, 0.4) is 0 Å². The summed E-state index contributed by atoms with van der Waals surface area (Å²) in [6.45, 7) is 7.18. The van der Waals surface area contributed by atoms with Crippen molar-refractivity contribution < 1.29 is 14.7 Å². The van der Waals surface area contributed by atoms with E-state index in [2.05, 4.69) is 31.1 Å². The largest absolute Gasteiger partial charge is 0.465 e. The Bertz CT molecular complexity index is 1240. The molecular formula is C25H29ClN6O3. The van der Waals surface area contributed by atoms with E-state index in [0.29, 0.717) is 36.6 Å². The normalized spacial score (nSPS) is 14.7. The van der Waals surface area contributed by atoms with Gasteiger partial charge in [-0.05, 0) is 43.2 Å². The molecule has 3 heterocycles. The van der Waals surface area contributed by atoms with Gasteiger partial charge in [0.2, 0.25) is 0 Å². The number of anilines is 2. The minimum Gasteiger partial charge on any atom is -0.465 e. The molecule has 1 saturated heterocycles. The van der Waals surface area contributed by atoms with Crippen molar-refractivity contribution in [2.24, 2.45) is 0 Å². The Hall–Kier alpha value is -3.59. The Balaban J connectivity index is 1.65. The SMILES string of the molecule is CC(C)(C)c1nn(C2CCN(C(=O)O)CC2)cc1-c1cnc(N)c(C(=O)Nc2ccc(Cl)cc2)c1. The molecule has 10 heteroatoms. The third-order valence-corrected chi connectivity index (χ3v) is 6.38. The van der Waals surface area contributed by atoms with Crippen LogP contribution >= 0.6 is 11.6 Å². The van der Waals surface area contributed by atoms with Gasteiger partial charge in [0.05, 0.1) is 17.3 Å². The number of pyridine rings is 1. The number of benzene rings is 1. The van der Waals surface area contributed by atoms with Gasteiger partial charge in [0.15, 0.2) is 0 Å². The fraction of sp³-hybridized carbons (Fsp3) is 0.360. The van der Waals surface area contributed by atoms with Crippen molar-refractivity contribution in [3.8, 4) is 11.1 Å². The average Bonchev–Trinajstić information content (AvgIpc) is 3.27. The van der Waals surface area contributed by atoms with Crippen LogP contribution in [-0.4, -0.2) is 49.9 Å². The van der Waals surface area contributed by atoms with E-state index < -0.39 is 6.09 Å². The lowest BCUT2D eigenvalue weighted by atomic mass is 9.87.